The van der Waals surface area contributed by atoms with Crippen molar-refractivity contribution in [2.24, 2.45) is 0 Å². The van der Waals surface area contributed by atoms with Gasteiger partial charge >= 0.3 is 0 Å². The predicted molar refractivity (Wildman–Crippen MR) is 117 cm³/mol. The number of nitrogens with zero attached hydrogens (tertiary/aromatic N) is 1. The van der Waals surface area contributed by atoms with E-state index in [1.807, 2.05) is 60.7 Å². The molecular weight excluding hydrogens is 469 g/mol. The minimum Gasteiger partial charge on any atom is -1.00 e. The lowest BCUT2D eigenvalue weighted by atomic mass is 9.83. The van der Waals surface area contributed by atoms with Crippen LogP contribution in [0.4, 0.5) is 0 Å². The zero-order valence-electron chi connectivity index (χ0n) is 17.6. The van der Waals surface area contributed by atoms with E-state index in [2.05, 4.69) is 51.4 Å². The molecule has 0 amide bonds. The van der Waals surface area contributed by atoms with Gasteiger partial charge in [-0.1, -0.05) is 91.0 Å². The molecule has 154 valence electrons. The molecule has 0 spiro atoms. The van der Waals surface area contributed by atoms with Gasteiger partial charge < -0.3 is 33.6 Å². The molecule has 1 atom stereocenters. The SMILES string of the molecule is CC(Cc1ccccc1)[N+](C)(C)CCC(O)(c1ccccc1)c1ccccc1.[I-]. The maximum absolute atomic E-state index is 11.8. The highest BCUT2D eigenvalue weighted by Gasteiger charge is 2.35. The number of quaternary nitrogens is 1. The molecule has 3 rings (SSSR count). The summed E-state index contributed by atoms with van der Waals surface area (Å²) in [5.41, 5.74) is 2.29. The quantitative estimate of drug-likeness (QED) is 0.370. The van der Waals surface area contributed by atoms with Crippen LogP contribution >= 0.6 is 0 Å². The number of halogens is 1. The van der Waals surface area contributed by atoms with Crippen LogP contribution < -0.4 is 24.0 Å². The monoisotopic (exact) mass is 501 g/mol. The van der Waals surface area contributed by atoms with Gasteiger partial charge in [-0.2, -0.15) is 0 Å². The largest absolute Gasteiger partial charge is 1.00 e. The smallest absolute Gasteiger partial charge is 0.120 e. The van der Waals surface area contributed by atoms with Gasteiger partial charge in [0, 0.05) is 12.8 Å². The number of hydrogen-bond donors (Lipinski definition) is 1. The van der Waals surface area contributed by atoms with Gasteiger partial charge in [0.15, 0.2) is 0 Å². The number of likely N-dealkylation sites (N-methyl/N-ethyl adjacent to an activating group) is 1. The Bertz CT molecular complexity index is 810. The van der Waals surface area contributed by atoms with Crippen LogP contribution in [0.5, 0.6) is 0 Å². The summed E-state index contributed by atoms with van der Waals surface area (Å²) < 4.78 is 0.858. The zero-order valence-corrected chi connectivity index (χ0v) is 19.8. The highest BCUT2D eigenvalue weighted by Crippen LogP contribution is 2.34. The van der Waals surface area contributed by atoms with Crippen molar-refractivity contribution >= 4 is 0 Å². The number of benzene rings is 3. The van der Waals surface area contributed by atoms with Crippen LogP contribution in [0.25, 0.3) is 0 Å². The average molecular weight is 501 g/mol. The lowest BCUT2D eigenvalue weighted by molar-refractivity contribution is -0.913. The van der Waals surface area contributed by atoms with E-state index < -0.39 is 5.60 Å². The van der Waals surface area contributed by atoms with E-state index in [-0.39, 0.29) is 24.0 Å². The first-order chi connectivity index (χ1) is 13.4. The van der Waals surface area contributed by atoms with Crippen molar-refractivity contribution in [3.8, 4) is 0 Å². The Hall–Kier alpha value is -1.69. The van der Waals surface area contributed by atoms with Crippen LogP contribution in [0.2, 0.25) is 0 Å². The molecule has 0 heterocycles. The number of aliphatic hydroxyl groups is 1. The molecule has 0 aliphatic carbocycles. The Kier molecular flexibility index (Phi) is 8.44. The van der Waals surface area contributed by atoms with Crippen LogP contribution in [-0.2, 0) is 12.0 Å². The van der Waals surface area contributed by atoms with E-state index in [4.69, 9.17) is 0 Å². The van der Waals surface area contributed by atoms with E-state index in [1.54, 1.807) is 0 Å². The van der Waals surface area contributed by atoms with Crippen molar-refractivity contribution in [2.75, 3.05) is 20.6 Å². The third-order valence-electron chi connectivity index (χ3n) is 6.12. The molecule has 3 aromatic rings. The summed E-state index contributed by atoms with van der Waals surface area (Å²) >= 11 is 0. The Morgan fingerprint density at radius 2 is 1.17 bits per heavy atom. The summed E-state index contributed by atoms with van der Waals surface area (Å²) in [5.74, 6) is 0. The number of rotatable bonds is 8. The van der Waals surface area contributed by atoms with E-state index in [0.717, 1.165) is 28.6 Å². The molecule has 0 saturated carbocycles. The van der Waals surface area contributed by atoms with Gasteiger partial charge in [0.05, 0.1) is 26.7 Å². The number of hydrogen-bond acceptors (Lipinski definition) is 1. The lowest BCUT2D eigenvalue weighted by Crippen LogP contribution is -3.00. The first-order valence-corrected chi connectivity index (χ1v) is 10.1. The second kappa shape index (κ2) is 10.4. The minimum absolute atomic E-state index is 0. The fraction of sp³-hybridized carbons (Fsp3) is 0.308. The molecule has 0 aliphatic rings. The van der Waals surface area contributed by atoms with Crippen molar-refractivity contribution in [2.45, 2.75) is 31.4 Å². The van der Waals surface area contributed by atoms with Crippen LogP contribution in [0.3, 0.4) is 0 Å². The Balaban J connectivity index is 0.00000300. The molecule has 1 N–H and O–H groups in total. The summed E-state index contributed by atoms with van der Waals surface area (Å²) in [6.45, 7) is 3.19. The molecule has 3 heteroatoms. The second-order valence-corrected chi connectivity index (χ2v) is 8.38. The first-order valence-electron chi connectivity index (χ1n) is 10.1. The van der Waals surface area contributed by atoms with Gasteiger partial charge in [-0.15, -0.1) is 0 Å². The minimum atomic E-state index is -0.982. The van der Waals surface area contributed by atoms with Gasteiger partial charge in [0.25, 0.3) is 0 Å². The molecule has 29 heavy (non-hydrogen) atoms. The third kappa shape index (κ3) is 5.91. The predicted octanol–water partition coefficient (Wildman–Crippen LogP) is 2.02. The van der Waals surface area contributed by atoms with Crippen molar-refractivity contribution in [1.29, 1.82) is 0 Å². The standard InChI is InChI=1S/C26H32NO.HI/c1-22(21-23-13-7-4-8-14-23)27(2,3)20-19-26(28,24-15-9-5-10-16-24)25-17-11-6-12-18-25;/h4-18,22,28H,19-21H2,1-3H3;1H/q+1;/p-1. The van der Waals surface area contributed by atoms with E-state index in [9.17, 15) is 5.11 Å². The third-order valence-corrected chi connectivity index (χ3v) is 6.12. The van der Waals surface area contributed by atoms with Crippen LogP contribution in [0.1, 0.15) is 30.0 Å². The average Bonchev–Trinajstić information content (AvgIpc) is 2.74. The highest BCUT2D eigenvalue weighted by atomic mass is 127. The topological polar surface area (TPSA) is 20.2 Å². The Labute approximate surface area is 192 Å². The van der Waals surface area contributed by atoms with E-state index >= 15 is 0 Å². The van der Waals surface area contributed by atoms with Gasteiger partial charge in [0.1, 0.15) is 5.60 Å². The van der Waals surface area contributed by atoms with Crippen molar-refractivity contribution in [1.82, 2.24) is 0 Å². The maximum Gasteiger partial charge on any atom is 0.120 e. The van der Waals surface area contributed by atoms with Crippen LogP contribution in [-0.4, -0.2) is 36.3 Å². The highest BCUT2D eigenvalue weighted by molar-refractivity contribution is 5.35. The summed E-state index contributed by atoms with van der Waals surface area (Å²) in [7, 11) is 4.54. The van der Waals surface area contributed by atoms with Crippen LogP contribution in [0.15, 0.2) is 91.0 Å². The van der Waals surface area contributed by atoms with E-state index in [0.29, 0.717) is 12.5 Å². The lowest BCUT2D eigenvalue weighted by Gasteiger charge is -2.39. The fourth-order valence-corrected chi connectivity index (χ4v) is 3.76. The summed E-state index contributed by atoms with van der Waals surface area (Å²) in [6.07, 6.45) is 1.70. The summed E-state index contributed by atoms with van der Waals surface area (Å²) in [5, 5.41) is 11.8. The fourth-order valence-electron chi connectivity index (χ4n) is 3.76. The molecule has 0 saturated heterocycles. The van der Waals surface area contributed by atoms with Gasteiger partial charge in [-0.05, 0) is 23.6 Å². The zero-order chi connectivity index (χ0) is 20.0. The molecule has 0 radical (unpaired) electrons. The molecule has 3 aromatic carbocycles. The maximum atomic E-state index is 11.8. The molecule has 2 nitrogen and oxygen atoms in total. The van der Waals surface area contributed by atoms with Crippen molar-refractivity contribution in [3.63, 3.8) is 0 Å². The second-order valence-electron chi connectivity index (χ2n) is 8.38. The van der Waals surface area contributed by atoms with Gasteiger partial charge in [-0.3, -0.25) is 0 Å². The normalized spacial score (nSPS) is 12.8. The summed E-state index contributed by atoms with van der Waals surface area (Å²) in [6, 6.07) is 31.2. The van der Waals surface area contributed by atoms with Crippen LogP contribution in [0, 0.1) is 0 Å². The Morgan fingerprint density at radius 1 is 0.759 bits per heavy atom. The molecule has 1 unspecified atom stereocenters. The molecule has 0 fully saturated rings. The molecular formula is C26H32INO. The first kappa shape index (κ1) is 23.6. The van der Waals surface area contributed by atoms with E-state index in [1.165, 1.54) is 5.56 Å². The molecule has 0 aromatic heterocycles. The molecule has 0 aliphatic heterocycles. The van der Waals surface area contributed by atoms with Crippen molar-refractivity contribution in [3.05, 3.63) is 108 Å². The van der Waals surface area contributed by atoms with Gasteiger partial charge in [0.2, 0.25) is 0 Å². The van der Waals surface area contributed by atoms with Crippen molar-refractivity contribution < 1.29 is 33.6 Å². The Morgan fingerprint density at radius 3 is 1.62 bits per heavy atom. The summed E-state index contributed by atoms with van der Waals surface area (Å²) in [4.78, 5) is 0. The molecule has 0 bridgehead atoms. The van der Waals surface area contributed by atoms with Gasteiger partial charge in [-0.25, -0.2) is 0 Å².